The first-order chi connectivity index (χ1) is 7.91. The maximum Gasteiger partial charge on any atom is 0.307 e. The molecule has 0 saturated heterocycles. The van der Waals surface area contributed by atoms with Crippen molar-refractivity contribution in [3.05, 3.63) is 0 Å². The molecule has 7 heteroatoms. The number of hydrogen-bond acceptors (Lipinski definition) is 4. The molecule has 0 rings (SSSR count). The summed E-state index contributed by atoms with van der Waals surface area (Å²) in [6.45, 7) is 1.89. The molecule has 0 radical (unpaired) electrons. The first-order valence-corrected chi connectivity index (χ1v) is 6.27. The molecule has 0 aromatic heterocycles. The first-order valence-electron chi connectivity index (χ1n) is 5.20. The molecule has 0 unspecified atom stereocenters. The van der Waals surface area contributed by atoms with E-state index in [9.17, 15) is 9.59 Å². The summed E-state index contributed by atoms with van der Waals surface area (Å²) >= 11 is 10.8. The van der Waals surface area contributed by atoms with Crippen LogP contribution in [-0.4, -0.2) is 42.5 Å². The summed E-state index contributed by atoms with van der Waals surface area (Å²) in [4.78, 5) is 22.1. The number of quaternary nitrogens is 1. The zero-order valence-corrected chi connectivity index (χ0v) is 11.4. The summed E-state index contributed by atoms with van der Waals surface area (Å²) in [5.74, 6) is -0.335. The van der Waals surface area contributed by atoms with Crippen LogP contribution in [0.4, 0.5) is 0 Å². The molecular weight excluding hydrogens is 269 g/mol. The second-order valence-corrected chi connectivity index (χ2v) is 4.77. The van der Waals surface area contributed by atoms with Crippen LogP contribution in [0.3, 0.4) is 0 Å². The molecule has 0 aromatic rings. The number of alkyl halides is 2. The molecular formula is C10H18Cl2NO4+. The fourth-order valence-electron chi connectivity index (χ4n) is 0.850. The van der Waals surface area contributed by atoms with Crippen molar-refractivity contribution < 1.29 is 24.8 Å². The van der Waals surface area contributed by atoms with Crippen molar-refractivity contribution in [3.63, 3.8) is 0 Å². The highest BCUT2D eigenvalue weighted by Crippen LogP contribution is 2.02. The lowest BCUT2D eigenvalue weighted by molar-refractivity contribution is -0.482. The van der Waals surface area contributed by atoms with E-state index in [1.54, 1.807) is 6.92 Å². The molecule has 0 aliphatic heterocycles. The molecule has 0 aliphatic rings. The van der Waals surface area contributed by atoms with E-state index in [-0.39, 0.29) is 49.8 Å². The molecule has 0 aliphatic carbocycles. The summed E-state index contributed by atoms with van der Waals surface area (Å²) in [6.07, 6.45) is 0.313. The molecule has 17 heavy (non-hydrogen) atoms. The average Bonchev–Trinajstić information content (AvgIpc) is 2.25. The zero-order valence-electron chi connectivity index (χ0n) is 9.84. The minimum atomic E-state index is -0.663. The quantitative estimate of drug-likeness (QED) is 0.515. The summed E-state index contributed by atoms with van der Waals surface area (Å²) < 4.78 is 9.87. The third-order valence-electron chi connectivity index (χ3n) is 1.76. The smallest absolute Gasteiger partial charge is 0.307 e. The average molecular weight is 287 g/mol. The van der Waals surface area contributed by atoms with Gasteiger partial charge in [0.25, 0.3) is 0 Å². The fraction of sp³-hybridized carbons (Fsp3) is 0.800. The van der Waals surface area contributed by atoms with Crippen LogP contribution < -0.4 is 5.73 Å². The maximum atomic E-state index is 11.1. The molecule has 0 fully saturated rings. The summed E-state index contributed by atoms with van der Waals surface area (Å²) in [5.41, 5.74) is 3.15. The van der Waals surface area contributed by atoms with Gasteiger partial charge in [0.05, 0.1) is 12.8 Å². The van der Waals surface area contributed by atoms with Crippen molar-refractivity contribution in [1.29, 1.82) is 0 Å². The van der Waals surface area contributed by atoms with E-state index in [0.29, 0.717) is 0 Å². The molecule has 0 bridgehead atoms. The molecule has 0 amide bonds. The number of rotatable bonds is 8. The van der Waals surface area contributed by atoms with Crippen molar-refractivity contribution in [1.82, 2.24) is 0 Å². The number of carbonyl (C=O) groups is 2. The van der Waals surface area contributed by atoms with Gasteiger partial charge in [0, 0.05) is 11.8 Å². The van der Waals surface area contributed by atoms with Crippen LogP contribution in [0.5, 0.6) is 0 Å². The van der Waals surface area contributed by atoms with Gasteiger partial charge in [0.15, 0.2) is 5.54 Å². The monoisotopic (exact) mass is 286 g/mol. The molecule has 0 aromatic carbocycles. The highest BCUT2D eigenvalue weighted by molar-refractivity contribution is 6.19. The van der Waals surface area contributed by atoms with Gasteiger partial charge >= 0.3 is 11.9 Å². The van der Waals surface area contributed by atoms with Crippen molar-refractivity contribution in [3.8, 4) is 0 Å². The predicted octanol–water partition coefficient (Wildman–Crippen LogP) is 0.331. The maximum absolute atomic E-state index is 11.1. The Labute approximate surface area is 111 Å². The van der Waals surface area contributed by atoms with E-state index < -0.39 is 5.54 Å². The number of ether oxygens (including phenoxy) is 2. The predicted molar refractivity (Wildman–Crippen MR) is 63.9 cm³/mol. The topological polar surface area (TPSA) is 80.2 Å². The van der Waals surface area contributed by atoms with Crippen LogP contribution in [0.1, 0.15) is 19.8 Å². The van der Waals surface area contributed by atoms with Crippen molar-refractivity contribution in [2.24, 2.45) is 0 Å². The Bertz CT molecular complexity index is 235. The van der Waals surface area contributed by atoms with Crippen LogP contribution in [0.15, 0.2) is 0 Å². The molecule has 5 nitrogen and oxygen atoms in total. The van der Waals surface area contributed by atoms with E-state index in [0.717, 1.165) is 0 Å². The molecule has 0 saturated carbocycles. The Morgan fingerprint density at radius 1 is 1.06 bits per heavy atom. The van der Waals surface area contributed by atoms with Gasteiger partial charge in [-0.1, -0.05) is 0 Å². The van der Waals surface area contributed by atoms with Crippen molar-refractivity contribution in [2.45, 2.75) is 25.3 Å². The molecule has 0 heterocycles. The Morgan fingerprint density at radius 2 is 1.41 bits per heavy atom. The van der Waals surface area contributed by atoms with Crippen LogP contribution in [0, 0.1) is 0 Å². The van der Waals surface area contributed by atoms with Crippen LogP contribution >= 0.6 is 23.2 Å². The van der Waals surface area contributed by atoms with Crippen LogP contribution in [-0.2, 0) is 19.1 Å². The van der Waals surface area contributed by atoms with Crippen LogP contribution in [0.2, 0.25) is 0 Å². The van der Waals surface area contributed by atoms with Crippen molar-refractivity contribution in [2.75, 3.05) is 25.0 Å². The largest absolute Gasteiger partial charge is 0.459 e. The Kier molecular flexibility index (Phi) is 8.29. The van der Waals surface area contributed by atoms with Crippen molar-refractivity contribution >= 4 is 35.1 Å². The lowest BCUT2D eigenvalue weighted by atomic mass is 10.1. The molecule has 3 N–H and O–H groups in total. The number of halogens is 2. The summed E-state index contributed by atoms with van der Waals surface area (Å²) in [6, 6.07) is 0. The van der Waals surface area contributed by atoms with E-state index in [4.69, 9.17) is 32.7 Å². The number of hydrogen-bond donors (Lipinski definition) is 1. The van der Waals surface area contributed by atoms with E-state index in [1.165, 1.54) is 0 Å². The Balaban J connectivity index is 3.86. The van der Waals surface area contributed by atoms with Gasteiger partial charge in [-0.05, 0) is 6.92 Å². The standard InChI is InChI=1S/C10H17Cl2NO4/c1-10(13,6-16-8(14)2-4-11)7-17-9(15)3-5-12/h2-7,13H2,1H3/p+1. The Morgan fingerprint density at radius 3 is 1.71 bits per heavy atom. The van der Waals surface area contributed by atoms with Gasteiger partial charge in [-0.3, -0.25) is 9.59 Å². The Hall–Kier alpha value is -0.520. The van der Waals surface area contributed by atoms with E-state index in [2.05, 4.69) is 5.73 Å². The number of carbonyl (C=O) groups excluding carboxylic acids is 2. The van der Waals surface area contributed by atoms with Gasteiger partial charge in [-0.2, -0.15) is 0 Å². The highest BCUT2D eigenvalue weighted by atomic mass is 35.5. The third kappa shape index (κ3) is 9.21. The molecule has 100 valence electrons. The van der Waals surface area contributed by atoms with Gasteiger partial charge in [-0.15, -0.1) is 23.2 Å². The summed E-state index contributed by atoms with van der Waals surface area (Å²) in [7, 11) is 0. The minimum Gasteiger partial charge on any atom is -0.459 e. The lowest BCUT2D eigenvalue weighted by Gasteiger charge is -2.20. The zero-order chi connectivity index (χ0) is 13.3. The van der Waals surface area contributed by atoms with E-state index >= 15 is 0 Å². The second kappa shape index (κ2) is 8.55. The summed E-state index contributed by atoms with van der Waals surface area (Å²) in [5, 5.41) is 0. The lowest BCUT2D eigenvalue weighted by Crippen LogP contribution is -2.75. The van der Waals surface area contributed by atoms with E-state index in [1.807, 2.05) is 0 Å². The van der Waals surface area contributed by atoms with Crippen LogP contribution in [0.25, 0.3) is 0 Å². The highest BCUT2D eigenvalue weighted by Gasteiger charge is 2.27. The minimum absolute atomic E-state index is 0.0802. The van der Waals surface area contributed by atoms with Gasteiger partial charge in [0.2, 0.25) is 0 Å². The first kappa shape index (κ1) is 16.5. The molecule has 0 spiro atoms. The number of esters is 2. The third-order valence-corrected chi connectivity index (χ3v) is 2.14. The second-order valence-electron chi connectivity index (χ2n) is 4.01. The van der Waals surface area contributed by atoms with Gasteiger partial charge in [-0.25, -0.2) is 0 Å². The molecule has 0 atom stereocenters. The fourth-order valence-corrected chi connectivity index (χ4v) is 1.16. The normalized spacial score (nSPS) is 11.1. The van der Waals surface area contributed by atoms with Gasteiger partial charge in [0.1, 0.15) is 13.2 Å². The SMILES string of the molecule is CC([NH3+])(COC(=O)CCCl)COC(=O)CCCl. The van der Waals surface area contributed by atoms with Gasteiger partial charge < -0.3 is 15.2 Å².